The SMILES string of the molecule is CCNC(=O)N1CCc2ccc(NC(=O)c3ccn(C4CCCNC4)n3)cc21. The van der Waals surface area contributed by atoms with Crippen LogP contribution in [0.2, 0.25) is 0 Å². The van der Waals surface area contributed by atoms with Crippen LogP contribution in [-0.4, -0.2) is 47.9 Å². The van der Waals surface area contributed by atoms with Gasteiger partial charge in [-0.1, -0.05) is 6.07 Å². The van der Waals surface area contributed by atoms with Crippen molar-refractivity contribution in [3.05, 3.63) is 41.7 Å². The molecule has 1 atom stereocenters. The fraction of sp³-hybridized carbons (Fsp3) is 0.450. The molecule has 3 N–H and O–H groups in total. The number of carbonyl (C=O) groups is 2. The predicted octanol–water partition coefficient (Wildman–Crippen LogP) is 2.15. The summed E-state index contributed by atoms with van der Waals surface area (Å²) in [4.78, 5) is 26.6. The predicted molar refractivity (Wildman–Crippen MR) is 108 cm³/mol. The van der Waals surface area contributed by atoms with E-state index in [4.69, 9.17) is 0 Å². The molecule has 3 heterocycles. The zero-order valence-corrected chi connectivity index (χ0v) is 16.1. The number of anilines is 2. The van der Waals surface area contributed by atoms with Gasteiger partial charge in [0.05, 0.1) is 11.7 Å². The Balaban J connectivity index is 1.46. The van der Waals surface area contributed by atoms with Crippen molar-refractivity contribution < 1.29 is 9.59 Å². The second-order valence-corrected chi connectivity index (χ2v) is 7.22. The minimum atomic E-state index is -0.245. The van der Waals surface area contributed by atoms with E-state index in [1.165, 1.54) is 0 Å². The van der Waals surface area contributed by atoms with Gasteiger partial charge in [-0.25, -0.2) is 4.79 Å². The zero-order valence-electron chi connectivity index (χ0n) is 16.1. The van der Waals surface area contributed by atoms with Crippen LogP contribution in [0.5, 0.6) is 0 Å². The molecule has 1 saturated heterocycles. The van der Waals surface area contributed by atoms with E-state index in [9.17, 15) is 9.59 Å². The van der Waals surface area contributed by atoms with Gasteiger partial charge >= 0.3 is 6.03 Å². The number of amides is 3. The molecule has 1 aromatic heterocycles. The molecule has 0 spiro atoms. The van der Waals surface area contributed by atoms with Crippen LogP contribution >= 0.6 is 0 Å². The second-order valence-electron chi connectivity index (χ2n) is 7.22. The fourth-order valence-electron chi connectivity index (χ4n) is 3.83. The second kappa shape index (κ2) is 8.02. The first kappa shape index (κ1) is 18.5. The summed E-state index contributed by atoms with van der Waals surface area (Å²) >= 11 is 0. The Morgan fingerprint density at radius 1 is 1.32 bits per heavy atom. The van der Waals surface area contributed by atoms with Gasteiger partial charge in [-0.05, 0) is 56.5 Å². The van der Waals surface area contributed by atoms with E-state index in [1.807, 2.05) is 36.0 Å². The maximum absolute atomic E-state index is 12.6. The Morgan fingerprint density at radius 2 is 2.21 bits per heavy atom. The number of hydrogen-bond acceptors (Lipinski definition) is 4. The summed E-state index contributed by atoms with van der Waals surface area (Å²) in [5.41, 5.74) is 3.02. The third-order valence-electron chi connectivity index (χ3n) is 5.30. The summed E-state index contributed by atoms with van der Waals surface area (Å²) in [5.74, 6) is -0.245. The van der Waals surface area contributed by atoms with Crippen molar-refractivity contribution in [2.45, 2.75) is 32.2 Å². The van der Waals surface area contributed by atoms with Crippen molar-refractivity contribution >= 4 is 23.3 Å². The average Bonchev–Trinajstić information content (AvgIpc) is 3.36. The standard InChI is InChI=1S/C20H26N6O2/c1-2-22-20(28)25-10-7-14-5-6-15(12-18(14)25)23-19(27)17-8-11-26(24-17)16-4-3-9-21-13-16/h5-6,8,11-12,16,21H,2-4,7,9-10,13H2,1H3,(H,22,28)(H,23,27). The Kier molecular flexibility index (Phi) is 5.29. The van der Waals surface area contributed by atoms with Crippen molar-refractivity contribution in [3.63, 3.8) is 0 Å². The number of urea groups is 1. The van der Waals surface area contributed by atoms with E-state index in [1.54, 1.807) is 11.0 Å². The molecule has 0 saturated carbocycles. The number of nitrogens with one attached hydrogen (secondary N) is 3. The van der Waals surface area contributed by atoms with Gasteiger partial charge in [-0.15, -0.1) is 0 Å². The molecule has 0 aliphatic carbocycles. The van der Waals surface area contributed by atoms with Gasteiger partial charge in [0, 0.05) is 31.5 Å². The molecule has 8 heteroatoms. The van der Waals surface area contributed by atoms with Gasteiger partial charge in [0.1, 0.15) is 0 Å². The Morgan fingerprint density at radius 3 is 3.00 bits per heavy atom. The fourth-order valence-corrected chi connectivity index (χ4v) is 3.83. The van der Waals surface area contributed by atoms with E-state index < -0.39 is 0 Å². The average molecular weight is 382 g/mol. The summed E-state index contributed by atoms with van der Waals surface area (Å²) < 4.78 is 1.88. The van der Waals surface area contributed by atoms with Crippen LogP contribution in [0.25, 0.3) is 0 Å². The number of nitrogens with zero attached hydrogens (tertiary/aromatic N) is 3. The summed E-state index contributed by atoms with van der Waals surface area (Å²) in [6.07, 6.45) is 4.87. The minimum absolute atomic E-state index is 0.107. The molecule has 2 aliphatic heterocycles. The Hall–Kier alpha value is -2.87. The summed E-state index contributed by atoms with van der Waals surface area (Å²) in [6.45, 7) is 5.05. The lowest BCUT2D eigenvalue weighted by molar-refractivity contribution is 0.102. The molecule has 1 aromatic carbocycles. The third-order valence-corrected chi connectivity index (χ3v) is 5.30. The highest BCUT2D eigenvalue weighted by Crippen LogP contribution is 2.31. The molecule has 148 valence electrons. The third kappa shape index (κ3) is 3.73. The van der Waals surface area contributed by atoms with Crippen LogP contribution in [0.3, 0.4) is 0 Å². The van der Waals surface area contributed by atoms with Crippen LogP contribution in [0, 0.1) is 0 Å². The van der Waals surface area contributed by atoms with Gasteiger partial charge in [-0.2, -0.15) is 5.10 Å². The van der Waals surface area contributed by atoms with Crippen molar-refractivity contribution in [2.75, 3.05) is 36.4 Å². The summed E-state index contributed by atoms with van der Waals surface area (Å²) in [7, 11) is 0. The van der Waals surface area contributed by atoms with Crippen LogP contribution < -0.4 is 20.9 Å². The molecular weight excluding hydrogens is 356 g/mol. The molecule has 0 radical (unpaired) electrons. The molecular formula is C20H26N6O2. The van der Waals surface area contributed by atoms with Gasteiger partial charge in [-0.3, -0.25) is 14.4 Å². The minimum Gasteiger partial charge on any atom is -0.338 e. The highest BCUT2D eigenvalue weighted by molar-refractivity contribution is 6.03. The highest BCUT2D eigenvalue weighted by atomic mass is 16.2. The van der Waals surface area contributed by atoms with Gasteiger partial charge in [0.25, 0.3) is 5.91 Å². The van der Waals surface area contributed by atoms with E-state index in [0.29, 0.717) is 30.5 Å². The monoisotopic (exact) mass is 382 g/mol. The molecule has 2 aliphatic rings. The summed E-state index contributed by atoms with van der Waals surface area (Å²) in [6, 6.07) is 7.64. The first-order valence-corrected chi connectivity index (χ1v) is 9.91. The largest absolute Gasteiger partial charge is 0.338 e. The lowest BCUT2D eigenvalue weighted by Crippen LogP contribution is -2.38. The van der Waals surface area contributed by atoms with E-state index in [0.717, 1.165) is 43.6 Å². The molecule has 28 heavy (non-hydrogen) atoms. The quantitative estimate of drug-likeness (QED) is 0.756. The van der Waals surface area contributed by atoms with Crippen LogP contribution in [0.4, 0.5) is 16.2 Å². The number of fused-ring (bicyclic) bond motifs is 1. The van der Waals surface area contributed by atoms with Crippen molar-refractivity contribution in [3.8, 4) is 0 Å². The van der Waals surface area contributed by atoms with E-state index in [2.05, 4.69) is 21.0 Å². The van der Waals surface area contributed by atoms with Crippen LogP contribution in [0.15, 0.2) is 30.5 Å². The van der Waals surface area contributed by atoms with Crippen LogP contribution in [-0.2, 0) is 6.42 Å². The highest BCUT2D eigenvalue weighted by Gasteiger charge is 2.25. The number of carbonyl (C=O) groups excluding carboxylic acids is 2. The van der Waals surface area contributed by atoms with Gasteiger partial charge in [0.2, 0.25) is 0 Å². The normalized spacial score (nSPS) is 18.6. The lowest BCUT2D eigenvalue weighted by atomic mass is 10.1. The maximum atomic E-state index is 12.6. The van der Waals surface area contributed by atoms with E-state index in [-0.39, 0.29) is 11.9 Å². The Bertz CT molecular complexity index is 871. The molecule has 0 bridgehead atoms. The molecule has 2 aromatic rings. The molecule has 1 fully saturated rings. The lowest BCUT2D eigenvalue weighted by Gasteiger charge is -2.22. The van der Waals surface area contributed by atoms with E-state index >= 15 is 0 Å². The smallest absolute Gasteiger partial charge is 0.321 e. The molecule has 8 nitrogen and oxygen atoms in total. The van der Waals surface area contributed by atoms with Crippen molar-refractivity contribution in [1.82, 2.24) is 20.4 Å². The van der Waals surface area contributed by atoms with Crippen molar-refractivity contribution in [1.29, 1.82) is 0 Å². The van der Waals surface area contributed by atoms with Gasteiger partial charge in [0.15, 0.2) is 5.69 Å². The first-order chi connectivity index (χ1) is 13.7. The maximum Gasteiger partial charge on any atom is 0.321 e. The number of piperidine rings is 1. The number of hydrogen-bond donors (Lipinski definition) is 3. The Labute approximate surface area is 164 Å². The topological polar surface area (TPSA) is 91.3 Å². The number of aromatic nitrogens is 2. The number of benzene rings is 1. The zero-order chi connectivity index (χ0) is 19.5. The van der Waals surface area contributed by atoms with Crippen LogP contribution in [0.1, 0.15) is 41.9 Å². The van der Waals surface area contributed by atoms with Gasteiger partial charge < -0.3 is 16.0 Å². The first-order valence-electron chi connectivity index (χ1n) is 9.91. The number of rotatable bonds is 4. The summed E-state index contributed by atoms with van der Waals surface area (Å²) in [5, 5.41) is 13.6. The molecule has 4 rings (SSSR count). The molecule has 1 unspecified atom stereocenters. The molecule has 3 amide bonds. The van der Waals surface area contributed by atoms with Crippen molar-refractivity contribution in [2.24, 2.45) is 0 Å².